The summed E-state index contributed by atoms with van der Waals surface area (Å²) in [7, 11) is 1.67. The zero-order chi connectivity index (χ0) is 16.1. The molecule has 1 aromatic rings. The molecule has 0 bridgehead atoms. The molecule has 6 heteroatoms. The van der Waals surface area contributed by atoms with Gasteiger partial charge in [0.2, 0.25) is 5.91 Å². The van der Waals surface area contributed by atoms with Crippen LogP contribution in [0.2, 0.25) is 0 Å². The average Bonchev–Trinajstić information content (AvgIpc) is 2.72. The van der Waals surface area contributed by atoms with E-state index in [9.17, 15) is 4.79 Å². The van der Waals surface area contributed by atoms with E-state index >= 15 is 0 Å². The summed E-state index contributed by atoms with van der Waals surface area (Å²) < 4.78 is 10.9. The van der Waals surface area contributed by atoms with Crippen LogP contribution in [0.5, 0.6) is 0 Å². The predicted octanol–water partition coefficient (Wildman–Crippen LogP) is 0.779. The lowest BCUT2D eigenvalue weighted by Crippen LogP contribution is -2.40. The number of aromatic nitrogens is 1. The maximum atomic E-state index is 12.3. The van der Waals surface area contributed by atoms with Crippen molar-refractivity contribution in [2.75, 3.05) is 53.1 Å². The van der Waals surface area contributed by atoms with Crippen molar-refractivity contribution in [2.24, 2.45) is 5.41 Å². The van der Waals surface area contributed by atoms with Crippen molar-refractivity contribution in [3.63, 3.8) is 0 Å². The Morgan fingerprint density at radius 2 is 2.17 bits per heavy atom. The lowest BCUT2D eigenvalue weighted by atomic mass is 9.87. The van der Waals surface area contributed by atoms with E-state index in [1.165, 1.54) is 5.56 Å². The summed E-state index contributed by atoms with van der Waals surface area (Å²) in [6.45, 7) is 6.07. The molecule has 0 aromatic carbocycles. The Balaban J connectivity index is 1.66. The first-order valence-electron chi connectivity index (χ1n) is 8.16. The van der Waals surface area contributed by atoms with E-state index in [0.29, 0.717) is 26.2 Å². The van der Waals surface area contributed by atoms with E-state index in [-0.39, 0.29) is 11.3 Å². The maximum Gasteiger partial charge on any atom is 0.223 e. The van der Waals surface area contributed by atoms with Crippen LogP contribution in [0.3, 0.4) is 0 Å². The molecule has 3 rings (SSSR count). The molecule has 0 saturated carbocycles. The topological polar surface area (TPSA) is 54.9 Å². The van der Waals surface area contributed by atoms with Gasteiger partial charge in [-0.2, -0.15) is 0 Å². The summed E-state index contributed by atoms with van der Waals surface area (Å²) >= 11 is 0. The van der Waals surface area contributed by atoms with Gasteiger partial charge < -0.3 is 14.4 Å². The molecule has 0 aliphatic carbocycles. The Morgan fingerprint density at radius 3 is 2.96 bits per heavy atom. The van der Waals surface area contributed by atoms with Gasteiger partial charge in [0.1, 0.15) is 0 Å². The van der Waals surface area contributed by atoms with E-state index in [1.54, 1.807) is 7.11 Å². The molecule has 1 aromatic heterocycles. The van der Waals surface area contributed by atoms with Crippen molar-refractivity contribution in [3.8, 4) is 0 Å². The van der Waals surface area contributed by atoms with Crippen molar-refractivity contribution in [1.82, 2.24) is 14.8 Å². The highest BCUT2D eigenvalue weighted by atomic mass is 16.5. The van der Waals surface area contributed by atoms with Crippen LogP contribution >= 0.6 is 0 Å². The van der Waals surface area contributed by atoms with Crippen LogP contribution in [0.25, 0.3) is 0 Å². The zero-order valence-electron chi connectivity index (χ0n) is 13.7. The lowest BCUT2D eigenvalue weighted by Gasteiger charge is -2.31. The van der Waals surface area contributed by atoms with Gasteiger partial charge in [0.15, 0.2) is 0 Å². The molecule has 2 fully saturated rings. The molecule has 2 aliphatic heterocycles. The molecule has 1 unspecified atom stereocenters. The van der Waals surface area contributed by atoms with Crippen LogP contribution in [-0.2, 0) is 20.8 Å². The summed E-state index contributed by atoms with van der Waals surface area (Å²) in [5.74, 6) is 0.219. The van der Waals surface area contributed by atoms with E-state index < -0.39 is 0 Å². The molecule has 3 heterocycles. The van der Waals surface area contributed by atoms with Crippen LogP contribution in [-0.4, -0.2) is 73.8 Å². The maximum absolute atomic E-state index is 12.3. The van der Waals surface area contributed by atoms with Crippen molar-refractivity contribution >= 4 is 5.91 Å². The van der Waals surface area contributed by atoms with Gasteiger partial charge in [0.25, 0.3) is 0 Å². The molecule has 2 saturated heterocycles. The largest absolute Gasteiger partial charge is 0.383 e. The average molecular weight is 319 g/mol. The summed E-state index contributed by atoms with van der Waals surface area (Å²) in [5, 5.41) is 0. The van der Waals surface area contributed by atoms with Crippen molar-refractivity contribution in [3.05, 3.63) is 30.1 Å². The summed E-state index contributed by atoms with van der Waals surface area (Å²) in [4.78, 5) is 20.7. The second-order valence-electron chi connectivity index (χ2n) is 6.60. The Hall–Kier alpha value is -1.50. The van der Waals surface area contributed by atoms with Crippen molar-refractivity contribution in [1.29, 1.82) is 0 Å². The zero-order valence-corrected chi connectivity index (χ0v) is 13.7. The summed E-state index contributed by atoms with van der Waals surface area (Å²) in [6, 6.07) is 4.09. The number of ether oxygens (including phenoxy) is 2. The smallest absolute Gasteiger partial charge is 0.223 e. The number of nitrogens with zero attached hydrogens (tertiary/aromatic N) is 3. The number of likely N-dealkylation sites (tertiary alicyclic amines) is 1. The summed E-state index contributed by atoms with van der Waals surface area (Å²) in [6.07, 6.45) is 4.22. The van der Waals surface area contributed by atoms with Crippen molar-refractivity contribution in [2.45, 2.75) is 13.0 Å². The van der Waals surface area contributed by atoms with Gasteiger partial charge in [-0.15, -0.1) is 0 Å². The quantitative estimate of drug-likeness (QED) is 0.803. The molecule has 1 amide bonds. The van der Waals surface area contributed by atoms with Crippen LogP contribution in [0, 0.1) is 5.41 Å². The number of hydrogen-bond acceptors (Lipinski definition) is 5. The normalized spacial score (nSPS) is 26.0. The van der Waals surface area contributed by atoms with Gasteiger partial charge in [0.05, 0.1) is 19.8 Å². The number of carbonyl (C=O) groups is 1. The first-order valence-corrected chi connectivity index (χ1v) is 8.16. The molecular weight excluding hydrogens is 294 g/mol. The second-order valence-corrected chi connectivity index (χ2v) is 6.60. The minimum Gasteiger partial charge on any atom is -0.383 e. The Bertz CT molecular complexity index is 525. The number of pyridine rings is 1. The third-order valence-electron chi connectivity index (χ3n) is 4.65. The highest BCUT2D eigenvalue weighted by molar-refractivity contribution is 5.79. The Labute approximate surface area is 137 Å². The first kappa shape index (κ1) is 16.4. The fourth-order valence-electron chi connectivity index (χ4n) is 3.55. The number of hydrogen-bond donors (Lipinski definition) is 0. The minimum absolute atomic E-state index is 0.0889. The SMILES string of the molecule is COCCN1CC2(COCCN(Cc3ccncc3)C2)CC1=O. The minimum atomic E-state index is -0.0889. The van der Waals surface area contributed by atoms with Crippen LogP contribution < -0.4 is 0 Å². The third kappa shape index (κ3) is 4.07. The predicted molar refractivity (Wildman–Crippen MR) is 85.8 cm³/mol. The molecule has 1 spiro atoms. The van der Waals surface area contributed by atoms with E-state index in [1.807, 2.05) is 29.4 Å². The first-order chi connectivity index (χ1) is 11.2. The standard InChI is InChI=1S/C17H25N3O3/c1-22-8-7-20-13-17(10-16(20)21)12-19(6-9-23-14-17)11-15-2-4-18-5-3-15/h2-5H,6-14H2,1H3. The Kier molecular flexibility index (Phi) is 5.25. The van der Waals surface area contributed by atoms with Gasteiger partial charge in [0, 0.05) is 64.1 Å². The fourth-order valence-corrected chi connectivity index (χ4v) is 3.55. The highest BCUT2D eigenvalue weighted by Crippen LogP contribution is 2.34. The monoisotopic (exact) mass is 319 g/mol. The lowest BCUT2D eigenvalue weighted by molar-refractivity contribution is -0.128. The molecule has 126 valence electrons. The summed E-state index contributed by atoms with van der Waals surface area (Å²) in [5.41, 5.74) is 1.16. The number of carbonyl (C=O) groups excluding carboxylic acids is 1. The van der Waals surface area contributed by atoms with Gasteiger partial charge in [-0.25, -0.2) is 0 Å². The van der Waals surface area contributed by atoms with Gasteiger partial charge in [-0.3, -0.25) is 14.7 Å². The molecule has 2 aliphatic rings. The van der Waals surface area contributed by atoms with Crippen LogP contribution in [0.4, 0.5) is 0 Å². The molecule has 0 N–H and O–H groups in total. The Morgan fingerprint density at radius 1 is 1.35 bits per heavy atom. The fraction of sp³-hybridized carbons (Fsp3) is 0.647. The van der Waals surface area contributed by atoms with Crippen molar-refractivity contribution < 1.29 is 14.3 Å². The molecule has 23 heavy (non-hydrogen) atoms. The number of amides is 1. The molecular formula is C17H25N3O3. The van der Waals surface area contributed by atoms with Gasteiger partial charge in [-0.05, 0) is 17.7 Å². The molecule has 0 radical (unpaired) electrons. The highest BCUT2D eigenvalue weighted by Gasteiger charge is 2.45. The van der Waals surface area contributed by atoms with E-state index in [2.05, 4.69) is 9.88 Å². The third-order valence-corrected chi connectivity index (χ3v) is 4.65. The van der Waals surface area contributed by atoms with Crippen LogP contribution in [0.1, 0.15) is 12.0 Å². The molecule has 1 atom stereocenters. The number of rotatable bonds is 5. The van der Waals surface area contributed by atoms with E-state index in [4.69, 9.17) is 9.47 Å². The van der Waals surface area contributed by atoms with Gasteiger partial charge in [-0.1, -0.05) is 0 Å². The van der Waals surface area contributed by atoms with E-state index in [0.717, 1.165) is 32.8 Å². The van der Waals surface area contributed by atoms with Crippen LogP contribution in [0.15, 0.2) is 24.5 Å². The molecule has 6 nitrogen and oxygen atoms in total. The number of methoxy groups -OCH3 is 1. The van der Waals surface area contributed by atoms with Gasteiger partial charge >= 0.3 is 0 Å². The second kappa shape index (κ2) is 7.38.